The third-order valence-electron chi connectivity index (χ3n) is 8.31. The van der Waals surface area contributed by atoms with E-state index in [2.05, 4.69) is 26.2 Å². The number of hydrogen-bond donors (Lipinski definition) is 1. The molecule has 0 spiro atoms. The van der Waals surface area contributed by atoms with Crippen LogP contribution in [0.4, 0.5) is 28.6 Å². The predicted molar refractivity (Wildman–Crippen MR) is 224 cm³/mol. The number of halogens is 5. The summed E-state index contributed by atoms with van der Waals surface area (Å²) < 4.78 is 62.7. The lowest BCUT2D eigenvalue weighted by Crippen LogP contribution is -2.54. The van der Waals surface area contributed by atoms with E-state index >= 15 is 4.79 Å². The van der Waals surface area contributed by atoms with Crippen molar-refractivity contribution in [1.82, 2.24) is 9.65 Å². The van der Waals surface area contributed by atoms with E-state index in [0.717, 1.165) is 28.0 Å². The van der Waals surface area contributed by atoms with Crippen molar-refractivity contribution in [2.24, 2.45) is 0 Å². The van der Waals surface area contributed by atoms with Crippen molar-refractivity contribution in [3.63, 3.8) is 0 Å². The van der Waals surface area contributed by atoms with E-state index in [4.69, 9.17) is 25.8 Å². The minimum Gasteiger partial charge on any atom is -0.487 e. The van der Waals surface area contributed by atoms with Crippen molar-refractivity contribution < 1.29 is 37.0 Å². The molecular formula is C43H44BrClF3N3O5P+. The number of ether oxygens (including phenoxy) is 3. The van der Waals surface area contributed by atoms with Crippen LogP contribution in [0.1, 0.15) is 52.7 Å². The van der Waals surface area contributed by atoms with Crippen LogP contribution in [0, 0.1) is 0 Å². The number of benzene rings is 4. The maximum atomic E-state index is 15.2. The molecule has 14 heteroatoms. The number of hydrogen-bond acceptors (Lipinski definition) is 6. The number of carbonyl (C=O) groups is 2. The summed E-state index contributed by atoms with van der Waals surface area (Å²) in [5.41, 5.74) is -2.37. The number of nitrogens with one attached hydrogen (secondary N) is 1. The third kappa shape index (κ3) is 11.1. The lowest BCUT2D eigenvalue weighted by Gasteiger charge is -2.41. The Hall–Kier alpha value is -4.64. The molecule has 5 rings (SSSR count). The maximum Gasteiger partial charge on any atom is 0.443 e. The summed E-state index contributed by atoms with van der Waals surface area (Å²) in [5, 5.41) is 4.97. The van der Waals surface area contributed by atoms with Gasteiger partial charge in [-0.05, 0) is 106 Å². The van der Waals surface area contributed by atoms with Crippen molar-refractivity contribution in [3.05, 3.63) is 142 Å². The summed E-state index contributed by atoms with van der Waals surface area (Å²) in [6.45, 7) is 10.1. The van der Waals surface area contributed by atoms with Crippen LogP contribution in [-0.2, 0) is 22.1 Å². The van der Waals surface area contributed by atoms with Gasteiger partial charge >= 0.3 is 18.4 Å². The number of alkyl halides is 3. The summed E-state index contributed by atoms with van der Waals surface area (Å²) in [6, 6.07) is 34.1. The Balaban J connectivity index is 1.79. The van der Waals surface area contributed by atoms with Gasteiger partial charge in [0.05, 0.1) is 10.0 Å². The van der Waals surface area contributed by atoms with Gasteiger partial charge < -0.3 is 14.2 Å². The Labute approximate surface area is 345 Å². The Morgan fingerprint density at radius 1 is 0.772 bits per heavy atom. The summed E-state index contributed by atoms with van der Waals surface area (Å²) in [5.74, 6) is -0.0206. The number of amides is 2. The Morgan fingerprint density at radius 3 is 1.75 bits per heavy atom. The molecule has 2 amide bonds. The minimum absolute atomic E-state index is 0.0199. The van der Waals surface area contributed by atoms with Crippen molar-refractivity contribution in [2.75, 3.05) is 11.9 Å². The van der Waals surface area contributed by atoms with Gasteiger partial charge in [0.25, 0.3) is 0 Å². The number of anilines is 1. The molecule has 8 nitrogen and oxygen atoms in total. The van der Waals surface area contributed by atoms with Gasteiger partial charge in [0, 0.05) is 12.5 Å². The molecule has 0 unspecified atom stereocenters. The van der Waals surface area contributed by atoms with Gasteiger partial charge in [-0.3, -0.25) is 5.32 Å². The molecule has 1 aromatic heterocycles. The summed E-state index contributed by atoms with van der Waals surface area (Å²) in [7, 11) is -3.32. The molecule has 0 fully saturated rings. The van der Waals surface area contributed by atoms with Gasteiger partial charge in [0.15, 0.2) is 11.6 Å². The normalized spacial score (nSPS) is 12.7. The van der Waals surface area contributed by atoms with Gasteiger partial charge in [0.2, 0.25) is 7.41 Å². The summed E-state index contributed by atoms with van der Waals surface area (Å²) in [6.07, 6.45) is -6.26. The molecule has 0 bridgehead atoms. The van der Waals surface area contributed by atoms with Crippen LogP contribution in [0.2, 0.25) is 5.15 Å². The van der Waals surface area contributed by atoms with Crippen molar-refractivity contribution >= 4 is 68.9 Å². The van der Waals surface area contributed by atoms with Gasteiger partial charge in [-0.25, -0.2) is 14.6 Å². The van der Waals surface area contributed by atoms with E-state index in [-0.39, 0.29) is 29.7 Å². The topological polar surface area (TPSA) is 90.0 Å². The highest BCUT2D eigenvalue weighted by Crippen LogP contribution is 2.60. The first-order chi connectivity index (χ1) is 26.8. The van der Waals surface area contributed by atoms with Gasteiger partial charge in [-0.1, -0.05) is 84.4 Å². The van der Waals surface area contributed by atoms with Crippen molar-refractivity contribution in [2.45, 2.75) is 71.4 Å². The first kappa shape index (κ1) is 43.5. The molecule has 1 N–H and O–H groups in total. The highest BCUT2D eigenvalue weighted by molar-refractivity contribution is 9.10. The molecule has 0 aliphatic rings. The van der Waals surface area contributed by atoms with Crippen LogP contribution in [-0.4, -0.2) is 45.7 Å². The Kier molecular flexibility index (Phi) is 13.6. The zero-order chi connectivity index (χ0) is 41.6. The van der Waals surface area contributed by atoms with Crippen molar-refractivity contribution in [3.8, 4) is 5.75 Å². The van der Waals surface area contributed by atoms with Crippen LogP contribution >= 0.6 is 34.9 Å². The van der Waals surface area contributed by atoms with E-state index < -0.39 is 48.6 Å². The first-order valence-electron chi connectivity index (χ1n) is 18.0. The summed E-state index contributed by atoms with van der Waals surface area (Å²) >= 11 is 9.77. The van der Waals surface area contributed by atoms with Crippen molar-refractivity contribution in [1.29, 1.82) is 0 Å². The quantitative estimate of drug-likeness (QED) is 0.105. The Bertz CT molecular complexity index is 2060. The van der Waals surface area contributed by atoms with E-state index in [9.17, 15) is 18.0 Å². The first-order valence-corrected chi connectivity index (χ1v) is 20.9. The third-order valence-corrected chi connectivity index (χ3v) is 13.7. The van der Waals surface area contributed by atoms with E-state index in [1.165, 1.54) is 12.1 Å². The lowest BCUT2D eigenvalue weighted by molar-refractivity contribution is -0.137. The molecule has 0 saturated carbocycles. The maximum absolute atomic E-state index is 15.2. The second-order valence-corrected chi connectivity index (χ2v) is 19.5. The minimum atomic E-state index is -4.62. The van der Waals surface area contributed by atoms with Crippen LogP contribution < -0.4 is 26.0 Å². The molecule has 300 valence electrons. The molecule has 0 aliphatic carbocycles. The standard InChI is InChI=1S/C43H43BrClF3N3O5P/c1-41(2,3)55-39(52)50-38-36(27-35(44)37(45)49-38)54-28-31(26-29-17-16-18-30(25-29)43(46,47)48)51(40(53)56-42(4,5)6)57(32-19-10-7-11-20-32,33-21-12-8-13-22-33)34-23-14-9-15-24-34/h7-25,27,31H,26,28H2,1-6H3/p+1/t31-/m0/s1. The van der Waals surface area contributed by atoms with Gasteiger partial charge in [-0.15, -0.1) is 0 Å². The lowest BCUT2D eigenvalue weighted by atomic mass is 10.0. The number of aromatic nitrogens is 1. The number of pyridine rings is 1. The van der Waals surface area contributed by atoms with Crippen LogP contribution in [0.5, 0.6) is 5.75 Å². The average molecular weight is 886 g/mol. The fourth-order valence-corrected chi connectivity index (χ4v) is 11.0. The highest BCUT2D eigenvalue weighted by atomic mass is 79.9. The highest BCUT2D eigenvalue weighted by Gasteiger charge is 2.58. The second-order valence-electron chi connectivity index (χ2n) is 15.1. The zero-order valence-electron chi connectivity index (χ0n) is 32.3. The number of nitrogens with zero attached hydrogens (tertiary/aromatic N) is 2. The molecule has 0 saturated heterocycles. The average Bonchev–Trinajstić information content (AvgIpc) is 3.13. The smallest absolute Gasteiger partial charge is 0.443 e. The Morgan fingerprint density at radius 2 is 1.28 bits per heavy atom. The fraction of sp³-hybridized carbons (Fsp3) is 0.279. The molecule has 0 radical (unpaired) electrons. The number of carbonyl (C=O) groups excluding carboxylic acids is 2. The largest absolute Gasteiger partial charge is 0.487 e. The van der Waals surface area contributed by atoms with Gasteiger partial charge in [0.1, 0.15) is 44.9 Å². The molecule has 0 aliphatic heterocycles. The summed E-state index contributed by atoms with van der Waals surface area (Å²) in [4.78, 5) is 32.5. The monoisotopic (exact) mass is 884 g/mol. The molecule has 5 aromatic rings. The SMILES string of the molecule is CC(C)(C)OC(=O)Nc1nc(Cl)c(Br)cc1OC[C@H](Cc1cccc(C(F)(F)F)c1)N(C(=O)OC(C)(C)C)[P+](c1ccccc1)(c1ccccc1)c1ccccc1. The second kappa shape index (κ2) is 17.9. The molecule has 1 heterocycles. The molecule has 57 heavy (non-hydrogen) atoms. The molecular weight excluding hydrogens is 842 g/mol. The van der Waals surface area contributed by atoms with Gasteiger partial charge in [-0.2, -0.15) is 17.8 Å². The molecule has 1 atom stereocenters. The fourth-order valence-electron chi connectivity index (χ4n) is 6.18. The predicted octanol–water partition coefficient (Wildman–Crippen LogP) is 11.0. The van der Waals surface area contributed by atoms with Crippen LogP contribution in [0.15, 0.2) is 126 Å². The van der Waals surface area contributed by atoms with Crippen LogP contribution in [0.25, 0.3) is 0 Å². The van der Waals surface area contributed by atoms with E-state index in [1.54, 1.807) is 52.3 Å². The van der Waals surface area contributed by atoms with Crippen LogP contribution in [0.3, 0.4) is 0 Å². The zero-order valence-corrected chi connectivity index (χ0v) is 35.5. The van der Waals surface area contributed by atoms with E-state index in [0.29, 0.717) is 10.0 Å². The molecule has 4 aromatic carbocycles. The van der Waals surface area contributed by atoms with E-state index in [1.807, 2.05) is 91.0 Å². The number of rotatable bonds is 11.